The first kappa shape index (κ1) is 12.7. The fourth-order valence-corrected chi connectivity index (χ4v) is 2.23. The first-order valence-corrected chi connectivity index (χ1v) is 6.71. The second kappa shape index (κ2) is 5.37. The smallest absolute Gasteiger partial charge is 0.231 e. The van der Waals surface area contributed by atoms with Gasteiger partial charge in [0, 0.05) is 12.0 Å². The van der Waals surface area contributed by atoms with Gasteiger partial charge in [-0.3, -0.25) is 4.79 Å². The van der Waals surface area contributed by atoms with Crippen molar-refractivity contribution in [3.05, 3.63) is 59.2 Å². The third-order valence-electron chi connectivity index (χ3n) is 3.46. The molecule has 0 aromatic heterocycles. The second-order valence-corrected chi connectivity index (χ2v) is 4.98. The molecule has 0 atom stereocenters. The highest BCUT2D eigenvalue weighted by molar-refractivity contribution is 5.96. The van der Waals surface area contributed by atoms with Gasteiger partial charge in [-0.15, -0.1) is 0 Å². The Morgan fingerprint density at radius 3 is 2.60 bits per heavy atom. The minimum Gasteiger partial charge on any atom is -0.454 e. The van der Waals surface area contributed by atoms with Gasteiger partial charge in [0.2, 0.25) is 6.79 Å². The molecular weight excluding hydrogens is 252 g/mol. The van der Waals surface area contributed by atoms with Crippen molar-refractivity contribution in [2.24, 2.45) is 0 Å². The predicted molar refractivity (Wildman–Crippen MR) is 76.4 cm³/mol. The molecule has 1 aliphatic rings. The number of ketones is 1. The van der Waals surface area contributed by atoms with Gasteiger partial charge in [-0.1, -0.05) is 29.8 Å². The summed E-state index contributed by atoms with van der Waals surface area (Å²) in [5.74, 6) is 1.50. The Hall–Kier alpha value is -2.29. The van der Waals surface area contributed by atoms with Crippen molar-refractivity contribution in [3.8, 4) is 11.5 Å². The monoisotopic (exact) mass is 268 g/mol. The van der Waals surface area contributed by atoms with Gasteiger partial charge >= 0.3 is 0 Å². The number of hydrogen-bond donors (Lipinski definition) is 0. The standard InChI is InChI=1S/C17H16O3/c1-12-2-4-13(5-3-12)6-8-15(18)14-7-9-16-17(10-14)20-11-19-16/h2-5,7,9-10H,6,8,11H2,1H3. The molecule has 20 heavy (non-hydrogen) atoms. The average Bonchev–Trinajstić information content (AvgIpc) is 2.93. The molecule has 2 aromatic carbocycles. The van der Waals surface area contributed by atoms with Crippen LogP contribution in [0.2, 0.25) is 0 Å². The first-order chi connectivity index (χ1) is 9.72. The Bertz CT molecular complexity index is 629. The van der Waals surface area contributed by atoms with Gasteiger partial charge in [0.1, 0.15) is 0 Å². The highest BCUT2D eigenvalue weighted by Crippen LogP contribution is 2.32. The highest BCUT2D eigenvalue weighted by atomic mass is 16.7. The lowest BCUT2D eigenvalue weighted by molar-refractivity contribution is 0.0982. The molecule has 0 radical (unpaired) electrons. The van der Waals surface area contributed by atoms with E-state index in [4.69, 9.17) is 9.47 Å². The van der Waals surface area contributed by atoms with Gasteiger partial charge < -0.3 is 9.47 Å². The van der Waals surface area contributed by atoms with Crippen molar-refractivity contribution in [3.63, 3.8) is 0 Å². The molecule has 0 saturated carbocycles. The molecule has 102 valence electrons. The molecule has 0 fully saturated rings. The maximum Gasteiger partial charge on any atom is 0.231 e. The number of ether oxygens (including phenoxy) is 2. The van der Waals surface area contributed by atoms with Gasteiger partial charge in [-0.25, -0.2) is 0 Å². The van der Waals surface area contributed by atoms with Crippen LogP contribution in [0.25, 0.3) is 0 Å². The Morgan fingerprint density at radius 2 is 1.80 bits per heavy atom. The van der Waals surface area contributed by atoms with E-state index in [1.165, 1.54) is 11.1 Å². The molecule has 2 aromatic rings. The zero-order valence-corrected chi connectivity index (χ0v) is 11.4. The minimum atomic E-state index is 0.129. The molecule has 0 bridgehead atoms. The van der Waals surface area contributed by atoms with Crippen LogP contribution < -0.4 is 9.47 Å². The van der Waals surface area contributed by atoms with Crippen molar-refractivity contribution in [1.82, 2.24) is 0 Å². The molecule has 3 heteroatoms. The van der Waals surface area contributed by atoms with Crippen LogP contribution in [-0.4, -0.2) is 12.6 Å². The van der Waals surface area contributed by atoms with Gasteiger partial charge in [0.15, 0.2) is 17.3 Å². The number of aryl methyl sites for hydroxylation is 2. The van der Waals surface area contributed by atoms with Crippen molar-refractivity contribution >= 4 is 5.78 Å². The normalized spacial score (nSPS) is 12.4. The van der Waals surface area contributed by atoms with E-state index < -0.39 is 0 Å². The number of carbonyl (C=O) groups excluding carboxylic acids is 1. The maximum absolute atomic E-state index is 12.2. The number of benzene rings is 2. The topological polar surface area (TPSA) is 35.5 Å². The second-order valence-electron chi connectivity index (χ2n) is 4.98. The molecular formula is C17H16O3. The number of hydrogen-bond acceptors (Lipinski definition) is 3. The molecule has 1 heterocycles. The number of fused-ring (bicyclic) bond motifs is 1. The van der Waals surface area contributed by atoms with E-state index in [2.05, 4.69) is 31.2 Å². The Balaban J connectivity index is 1.66. The van der Waals surface area contributed by atoms with E-state index >= 15 is 0 Å². The number of Topliss-reactive ketones (excluding diaryl/α,β-unsaturated/α-hetero) is 1. The Labute approximate surface area is 118 Å². The van der Waals surface area contributed by atoms with E-state index in [0.717, 1.165) is 6.42 Å². The van der Waals surface area contributed by atoms with E-state index in [9.17, 15) is 4.79 Å². The zero-order valence-electron chi connectivity index (χ0n) is 11.4. The number of carbonyl (C=O) groups is 1. The lowest BCUT2D eigenvalue weighted by Crippen LogP contribution is -2.01. The van der Waals surface area contributed by atoms with E-state index in [-0.39, 0.29) is 12.6 Å². The molecule has 1 aliphatic heterocycles. The van der Waals surface area contributed by atoms with Crippen LogP contribution >= 0.6 is 0 Å². The molecule has 0 unspecified atom stereocenters. The predicted octanol–water partition coefficient (Wildman–Crippen LogP) is 3.54. The van der Waals surface area contributed by atoms with Crippen LogP contribution in [0.1, 0.15) is 27.9 Å². The molecule has 0 spiro atoms. The highest BCUT2D eigenvalue weighted by Gasteiger charge is 2.16. The van der Waals surface area contributed by atoms with Crippen molar-refractivity contribution in [2.75, 3.05) is 6.79 Å². The summed E-state index contributed by atoms with van der Waals surface area (Å²) in [7, 11) is 0. The molecule has 3 rings (SSSR count). The van der Waals surface area contributed by atoms with Gasteiger partial charge in [-0.2, -0.15) is 0 Å². The fraction of sp³-hybridized carbons (Fsp3) is 0.235. The summed E-state index contributed by atoms with van der Waals surface area (Å²) in [6.45, 7) is 2.29. The van der Waals surface area contributed by atoms with Gasteiger partial charge in [0.25, 0.3) is 0 Å². The molecule has 0 amide bonds. The molecule has 3 nitrogen and oxygen atoms in total. The fourth-order valence-electron chi connectivity index (χ4n) is 2.23. The third kappa shape index (κ3) is 2.67. The zero-order chi connectivity index (χ0) is 13.9. The summed E-state index contributed by atoms with van der Waals surface area (Å²) < 4.78 is 10.5. The summed E-state index contributed by atoms with van der Waals surface area (Å²) in [6.07, 6.45) is 1.26. The van der Waals surface area contributed by atoms with Crippen LogP contribution in [0.3, 0.4) is 0 Å². The van der Waals surface area contributed by atoms with Crippen LogP contribution in [0.5, 0.6) is 11.5 Å². The van der Waals surface area contributed by atoms with E-state index in [1.54, 1.807) is 18.2 Å². The average molecular weight is 268 g/mol. The molecule has 0 N–H and O–H groups in total. The molecule has 0 aliphatic carbocycles. The Morgan fingerprint density at radius 1 is 1.05 bits per heavy atom. The molecule has 0 saturated heterocycles. The number of rotatable bonds is 4. The van der Waals surface area contributed by atoms with Crippen LogP contribution in [-0.2, 0) is 6.42 Å². The summed E-state index contributed by atoms with van der Waals surface area (Å²) in [5.41, 5.74) is 3.10. The summed E-state index contributed by atoms with van der Waals surface area (Å²) in [4.78, 5) is 12.2. The van der Waals surface area contributed by atoms with Crippen LogP contribution in [0.15, 0.2) is 42.5 Å². The third-order valence-corrected chi connectivity index (χ3v) is 3.46. The van der Waals surface area contributed by atoms with E-state index in [1.807, 2.05) is 0 Å². The van der Waals surface area contributed by atoms with Gasteiger partial charge in [0.05, 0.1) is 0 Å². The lowest BCUT2D eigenvalue weighted by atomic mass is 10.0. The quantitative estimate of drug-likeness (QED) is 0.796. The Kier molecular flexibility index (Phi) is 3.42. The van der Waals surface area contributed by atoms with Crippen molar-refractivity contribution < 1.29 is 14.3 Å². The lowest BCUT2D eigenvalue weighted by Gasteiger charge is -2.04. The van der Waals surface area contributed by atoms with E-state index in [0.29, 0.717) is 23.5 Å². The van der Waals surface area contributed by atoms with Crippen molar-refractivity contribution in [2.45, 2.75) is 19.8 Å². The summed E-state index contributed by atoms with van der Waals surface area (Å²) in [6, 6.07) is 13.6. The van der Waals surface area contributed by atoms with Crippen LogP contribution in [0, 0.1) is 6.92 Å². The summed E-state index contributed by atoms with van der Waals surface area (Å²) in [5, 5.41) is 0. The van der Waals surface area contributed by atoms with Gasteiger partial charge in [-0.05, 0) is 37.1 Å². The maximum atomic E-state index is 12.2. The first-order valence-electron chi connectivity index (χ1n) is 6.71. The largest absolute Gasteiger partial charge is 0.454 e. The minimum absolute atomic E-state index is 0.129. The van der Waals surface area contributed by atoms with Crippen LogP contribution in [0.4, 0.5) is 0 Å². The summed E-state index contributed by atoms with van der Waals surface area (Å²) >= 11 is 0. The van der Waals surface area contributed by atoms with Crippen molar-refractivity contribution in [1.29, 1.82) is 0 Å². The SMILES string of the molecule is Cc1ccc(CCC(=O)c2ccc3c(c2)OCO3)cc1.